The SMILES string of the molecule is O=C(Cc1ccc(C(F)(F)F)cc1)NCC(c1ccc(Cl)cc1)N1CCOCC1. The van der Waals surface area contributed by atoms with Crippen LogP contribution < -0.4 is 5.32 Å². The Labute approximate surface area is 172 Å². The van der Waals surface area contributed by atoms with Crippen LogP contribution >= 0.6 is 11.6 Å². The van der Waals surface area contributed by atoms with E-state index in [1.807, 2.05) is 24.3 Å². The number of morpholine rings is 1. The van der Waals surface area contributed by atoms with Gasteiger partial charge in [-0.3, -0.25) is 9.69 Å². The molecule has 3 rings (SSSR count). The molecule has 0 saturated carbocycles. The zero-order valence-electron chi connectivity index (χ0n) is 15.7. The first kappa shape index (κ1) is 21.6. The standard InChI is InChI=1S/C21H22ClF3N2O2/c22-18-7-3-16(4-8-18)19(27-9-11-29-12-10-27)14-26-20(28)13-15-1-5-17(6-2-15)21(23,24)25/h1-8,19H,9-14H2,(H,26,28). The normalized spacial score (nSPS) is 16.4. The molecular formula is C21H22ClF3N2O2. The fraction of sp³-hybridized carbons (Fsp3) is 0.381. The molecule has 4 nitrogen and oxygen atoms in total. The van der Waals surface area contributed by atoms with Crippen molar-refractivity contribution in [3.63, 3.8) is 0 Å². The van der Waals surface area contributed by atoms with Crippen LogP contribution in [0.15, 0.2) is 48.5 Å². The van der Waals surface area contributed by atoms with E-state index >= 15 is 0 Å². The minimum atomic E-state index is -4.38. The molecule has 8 heteroatoms. The summed E-state index contributed by atoms with van der Waals surface area (Å²) in [6, 6.07) is 12.1. The molecule has 1 fully saturated rings. The van der Waals surface area contributed by atoms with Crippen molar-refractivity contribution in [2.24, 2.45) is 0 Å². The summed E-state index contributed by atoms with van der Waals surface area (Å²) < 4.78 is 43.4. The third-order valence-electron chi connectivity index (χ3n) is 4.88. The maximum Gasteiger partial charge on any atom is 0.416 e. The van der Waals surface area contributed by atoms with Gasteiger partial charge in [0.25, 0.3) is 0 Å². The van der Waals surface area contributed by atoms with Gasteiger partial charge in [0.05, 0.1) is 31.2 Å². The number of rotatable bonds is 6. The Morgan fingerprint density at radius 2 is 1.69 bits per heavy atom. The Morgan fingerprint density at radius 3 is 2.28 bits per heavy atom. The molecule has 1 amide bonds. The van der Waals surface area contributed by atoms with Gasteiger partial charge < -0.3 is 10.1 Å². The quantitative estimate of drug-likeness (QED) is 0.756. The maximum atomic E-state index is 12.7. The average molecular weight is 427 g/mol. The Bertz CT molecular complexity index is 804. The predicted octanol–water partition coefficient (Wildman–Crippen LogP) is 4.09. The summed E-state index contributed by atoms with van der Waals surface area (Å²) in [4.78, 5) is 14.6. The minimum Gasteiger partial charge on any atom is -0.379 e. The second-order valence-corrected chi connectivity index (χ2v) is 7.33. The first-order chi connectivity index (χ1) is 13.8. The molecule has 1 saturated heterocycles. The van der Waals surface area contributed by atoms with Crippen molar-refractivity contribution in [3.05, 3.63) is 70.2 Å². The van der Waals surface area contributed by atoms with Gasteiger partial charge in [0.1, 0.15) is 0 Å². The lowest BCUT2D eigenvalue weighted by molar-refractivity contribution is -0.137. The molecule has 1 aliphatic heterocycles. The first-order valence-corrected chi connectivity index (χ1v) is 9.71. The molecule has 1 unspecified atom stereocenters. The number of alkyl halides is 3. The summed E-state index contributed by atoms with van der Waals surface area (Å²) in [7, 11) is 0. The van der Waals surface area contributed by atoms with Crippen molar-refractivity contribution >= 4 is 17.5 Å². The van der Waals surface area contributed by atoms with Gasteiger partial charge in [0.2, 0.25) is 5.91 Å². The van der Waals surface area contributed by atoms with E-state index in [-0.39, 0.29) is 18.4 Å². The van der Waals surface area contributed by atoms with Crippen LogP contribution in [0.25, 0.3) is 0 Å². The summed E-state index contributed by atoms with van der Waals surface area (Å²) in [6.45, 7) is 3.15. The van der Waals surface area contributed by atoms with E-state index in [0.29, 0.717) is 30.3 Å². The molecule has 1 atom stereocenters. The van der Waals surface area contributed by atoms with Crippen LogP contribution in [0.2, 0.25) is 5.02 Å². The Kier molecular flexibility index (Phi) is 7.16. The zero-order chi connectivity index (χ0) is 20.9. The third-order valence-corrected chi connectivity index (χ3v) is 5.13. The number of nitrogens with zero attached hydrogens (tertiary/aromatic N) is 1. The van der Waals surface area contributed by atoms with Gasteiger partial charge in [-0.1, -0.05) is 35.9 Å². The average Bonchev–Trinajstić information content (AvgIpc) is 2.70. The molecule has 156 valence electrons. The number of carbonyl (C=O) groups excluding carboxylic acids is 1. The summed E-state index contributed by atoms with van der Waals surface area (Å²) >= 11 is 5.99. The van der Waals surface area contributed by atoms with E-state index in [0.717, 1.165) is 30.8 Å². The lowest BCUT2D eigenvalue weighted by atomic mass is 10.0. The Hall–Kier alpha value is -2.09. The highest BCUT2D eigenvalue weighted by atomic mass is 35.5. The van der Waals surface area contributed by atoms with Gasteiger partial charge in [0.15, 0.2) is 0 Å². The zero-order valence-corrected chi connectivity index (χ0v) is 16.5. The Morgan fingerprint density at radius 1 is 1.07 bits per heavy atom. The third kappa shape index (κ3) is 6.19. The van der Waals surface area contributed by atoms with Gasteiger partial charge in [-0.25, -0.2) is 0 Å². The van der Waals surface area contributed by atoms with E-state index in [4.69, 9.17) is 16.3 Å². The van der Waals surface area contributed by atoms with E-state index in [2.05, 4.69) is 10.2 Å². The fourth-order valence-corrected chi connectivity index (χ4v) is 3.43. The molecule has 29 heavy (non-hydrogen) atoms. The van der Waals surface area contributed by atoms with Crippen LogP contribution in [0.4, 0.5) is 13.2 Å². The number of benzene rings is 2. The molecule has 0 radical (unpaired) electrons. The molecule has 1 N–H and O–H groups in total. The summed E-state index contributed by atoms with van der Waals surface area (Å²) in [5.74, 6) is -0.239. The molecule has 1 aliphatic rings. The van der Waals surface area contributed by atoms with Gasteiger partial charge in [-0.05, 0) is 35.4 Å². The van der Waals surface area contributed by atoms with Crippen molar-refractivity contribution in [1.82, 2.24) is 10.2 Å². The molecule has 2 aromatic carbocycles. The molecule has 0 aromatic heterocycles. The van der Waals surface area contributed by atoms with Crippen molar-refractivity contribution in [2.75, 3.05) is 32.8 Å². The van der Waals surface area contributed by atoms with E-state index < -0.39 is 11.7 Å². The lowest BCUT2D eigenvalue weighted by Crippen LogP contribution is -2.44. The number of hydrogen-bond acceptors (Lipinski definition) is 3. The fourth-order valence-electron chi connectivity index (χ4n) is 3.30. The number of halogens is 4. The number of hydrogen-bond donors (Lipinski definition) is 1. The van der Waals surface area contributed by atoms with Gasteiger partial charge in [-0.2, -0.15) is 13.2 Å². The van der Waals surface area contributed by atoms with Crippen LogP contribution in [-0.2, 0) is 22.1 Å². The van der Waals surface area contributed by atoms with Gasteiger partial charge >= 0.3 is 6.18 Å². The molecule has 0 bridgehead atoms. The number of carbonyl (C=O) groups is 1. The van der Waals surface area contributed by atoms with Crippen LogP contribution in [-0.4, -0.2) is 43.7 Å². The van der Waals surface area contributed by atoms with Crippen LogP contribution in [0, 0.1) is 0 Å². The number of amides is 1. The first-order valence-electron chi connectivity index (χ1n) is 9.33. The highest BCUT2D eigenvalue weighted by molar-refractivity contribution is 6.30. The highest BCUT2D eigenvalue weighted by Gasteiger charge is 2.30. The molecular weight excluding hydrogens is 405 g/mol. The lowest BCUT2D eigenvalue weighted by Gasteiger charge is -2.35. The van der Waals surface area contributed by atoms with Crippen LogP contribution in [0.5, 0.6) is 0 Å². The van der Waals surface area contributed by atoms with Crippen LogP contribution in [0.1, 0.15) is 22.7 Å². The van der Waals surface area contributed by atoms with Crippen LogP contribution in [0.3, 0.4) is 0 Å². The van der Waals surface area contributed by atoms with Crippen molar-refractivity contribution in [3.8, 4) is 0 Å². The molecule has 0 aliphatic carbocycles. The Balaban J connectivity index is 1.62. The van der Waals surface area contributed by atoms with Crippen molar-refractivity contribution in [2.45, 2.75) is 18.6 Å². The van der Waals surface area contributed by atoms with E-state index in [1.165, 1.54) is 12.1 Å². The second-order valence-electron chi connectivity index (χ2n) is 6.89. The summed E-state index contributed by atoms with van der Waals surface area (Å²) in [6.07, 6.45) is -4.36. The maximum absolute atomic E-state index is 12.7. The minimum absolute atomic E-state index is 0.0224. The molecule has 1 heterocycles. The summed E-state index contributed by atoms with van der Waals surface area (Å²) in [5.41, 5.74) is 0.841. The monoisotopic (exact) mass is 426 g/mol. The van der Waals surface area contributed by atoms with Crippen molar-refractivity contribution in [1.29, 1.82) is 0 Å². The van der Waals surface area contributed by atoms with Gasteiger partial charge in [-0.15, -0.1) is 0 Å². The topological polar surface area (TPSA) is 41.6 Å². The van der Waals surface area contributed by atoms with E-state index in [9.17, 15) is 18.0 Å². The molecule has 2 aromatic rings. The smallest absolute Gasteiger partial charge is 0.379 e. The molecule has 0 spiro atoms. The highest BCUT2D eigenvalue weighted by Crippen LogP contribution is 2.29. The van der Waals surface area contributed by atoms with Crippen molar-refractivity contribution < 1.29 is 22.7 Å². The second kappa shape index (κ2) is 9.61. The number of ether oxygens (including phenoxy) is 1. The number of nitrogens with one attached hydrogen (secondary N) is 1. The van der Waals surface area contributed by atoms with Gasteiger partial charge in [0, 0.05) is 24.7 Å². The van der Waals surface area contributed by atoms with E-state index in [1.54, 1.807) is 0 Å². The largest absolute Gasteiger partial charge is 0.416 e. The predicted molar refractivity (Wildman–Crippen MR) is 105 cm³/mol. The summed E-state index contributed by atoms with van der Waals surface area (Å²) in [5, 5.41) is 3.55.